The molecule has 0 atom stereocenters. The average molecular weight is 347 g/mol. The van der Waals surface area contributed by atoms with Gasteiger partial charge >= 0.3 is 0 Å². The predicted molar refractivity (Wildman–Crippen MR) is 93.9 cm³/mol. The molecule has 0 spiro atoms. The summed E-state index contributed by atoms with van der Waals surface area (Å²) in [5.74, 6) is 0.523. The smallest absolute Gasteiger partial charge is 0.257 e. The topological polar surface area (TPSA) is 63.7 Å². The third kappa shape index (κ3) is 4.11. The van der Waals surface area contributed by atoms with Crippen molar-refractivity contribution in [3.05, 3.63) is 40.4 Å². The number of nitrogens with one attached hydrogen (secondary N) is 1. The SMILES string of the molecule is COc1cc(C(=O)Nc2nc(CN3CCOCC3)cs2)ccc1C. The number of carbonyl (C=O) groups excluding carboxylic acids is 1. The second-order valence-electron chi connectivity index (χ2n) is 5.67. The van der Waals surface area contributed by atoms with E-state index >= 15 is 0 Å². The van der Waals surface area contributed by atoms with Crippen molar-refractivity contribution in [2.75, 3.05) is 38.7 Å². The molecule has 1 aromatic carbocycles. The number of benzene rings is 1. The van der Waals surface area contributed by atoms with E-state index in [9.17, 15) is 4.79 Å². The number of nitrogens with zero attached hydrogens (tertiary/aromatic N) is 2. The number of amides is 1. The van der Waals surface area contributed by atoms with Gasteiger partial charge in [0.25, 0.3) is 5.91 Å². The highest BCUT2D eigenvalue weighted by Crippen LogP contribution is 2.21. The van der Waals surface area contributed by atoms with Gasteiger partial charge in [0.05, 0.1) is 26.0 Å². The van der Waals surface area contributed by atoms with Crippen LogP contribution in [0.25, 0.3) is 0 Å². The zero-order chi connectivity index (χ0) is 16.9. The van der Waals surface area contributed by atoms with E-state index in [1.807, 2.05) is 18.4 Å². The van der Waals surface area contributed by atoms with Crippen LogP contribution in [0.5, 0.6) is 5.75 Å². The fourth-order valence-electron chi connectivity index (χ4n) is 2.56. The number of aryl methyl sites for hydroxylation is 1. The van der Waals surface area contributed by atoms with Crippen molar-refractivity contribution < 1.29 is 14.3 Å². The van der Waals surface area contributed by atoms with Crippen LogP contribution < -0.4 is 10.1 Å². The Morgan fingerprint density at radius 3 is 2.96 bits per heavy atom. The van der Waals surface area contributed by atoms with Gasteiger partial charge in [0.1, 0.15) is 5.75 Å². The predicted octanol–water partition coefficient (Wildman–Crippen LogP) is 2.54. The molecule has 7 heteroatoms. The van der Waals surface area contributed by atoms with Crippen molar-refractivity contribution in [2.24, 2.45) is 0 Å². The number of morpholine rings is 1. The monoisotopic (exact) mass is 347 g/mol. The number of anilines is 1. The molecule has 1 saturated heterocycles. The Labute approximate surface area is 145 Å². The van der Waals surface area contributed by atoms with E-state index in [2.05, 4.69) is 15.2 Å². The second kappa shape index (κ2) is 7.74. The average Bonchev–Trinajstić information content (AvgIpc) is 3.03. The van der Waals surface area contributed by atoms with Crippen LogP contribution in [0.15, 0.2) is 23.6 Å². The van der Waals surface area contributed by atoms with Gasteiger partial charge in [-0.1, -0.05) is 6.07 Å². The Kier molecular flexibility index (Phi) is 5.44. The molecule has 24 heavy (non-hydrogen) atoms. The van der Waals surface area contributed by atoms with Gasteiger partial charge in [-0.15, -0.1) is 11.3 Å². The largest absolute Gasteiger partial charge is 0.496 e. The van der Waals surface area contributed by atoms with Gasteiger partial charge in [-0.05, 0) is 24.6 Å². The summed E-state index contributed by atoms with van der Waals surface area (Å²) in [5.41, 5.74) is 2.53. The molecule has 1 N–H and O–H groups in total. The Bertz CT molecular complexity index is 711. The van der Waals surface area contributed by atoms with Crippen LogP contribution in [0.2, 0.25) is 0 Å². The van der Waals surface area contributed by atoms with E-state index in [0.717, 1.165) is 44.1 Å². The van der Waals surface area contributed by atoms with Gasteiger partial charge in [-0.3, -0.25) is 15.0 Å². The molecule has 1 fully saturated rings. The number of aromatic nitrogens is 1. The summed E-state index contributed by atoms with van der Waals surface area (Å²) >= 11 is 1.44. The fraction of sp³-hybridized carbons (Fsp3) is 0.412. The highest BCUT2D eigenvalue weighted by atomic mass is 32.1. The van der Waals surface area contributed by atoms with Crippen molar-refractivity contribution in [1.29, 1.82) is 0 Å². The highest BCUT2D eigenvalue weighted by Gasteiger charge is 2.14. The van der Waals surface area contributed by atoms with Crippen LogP contribution >= 0.6 is 11.3 Å². The molecule has 0 aliphatic carbocycles. The quantitative estimate of drug-likeness (QED) is 0.900. The van der Waals surface area contributed by atoms with Crippen LogP contribution in [-0.4, -0.2) is 49.2 Å². The first-order chi connectivity index (χ1) is 11.7. The first-order valence-corrected chi connectivity index (χ1v) is 8.74. The third-order valence-corrected chi connectivity index (χ3v) is 4.74. The van der Waals surface area contributed by atoms with Crippen LogP contribution in [-0.2, 0) is 11.3 Å². The van der Waals surface area contributed by atoms with E-state index in [-0.39, 0.29) is 5.91 Å². The molecule has 2 heterocycles. The Morgan fingerprint density at radius 2 is 2.21 bits per heavy atom. The Hall–Kier alpha value is -1.96. The number of methoxy groups -OCH3 is 1. The zero-order valence-corrected chi connectivity index (χ0v) is 14.7. The van der Waals surface area contributed by atoms with Crippen molar-refractivity contribution in [2.45, 2.75) is 13.5 Å². The fourth-order valence-corrected chi connectivity index (χ4v) is 3.25. The lowest BCUT2D eigenvalue weighted by Gasteiger charge is -2.25. The maximum Gasteiger partial charge on any atom is 0.257 e. The molecular formula is C17H21N3O3S. The molecule has 1 amide bonds. The minimum Gasteiger partial charge on any atom is -0.496 e. The van der Waals surface area contributed by atoms with E-state index in [1.54, 1.807) is 19.2 Å². The summed E-state index contributed by atoms with van der Waals surface area (Å²) in [5, 5.41) is 5.46. The van der Waals surface area contributed by atoms with E-state index in [1.165, 1.54) is 11.3 Å². The summed E-state index contributed by atoms with van der Waals surface area (Å²) < 4.78 is 10.6. The van der Waals surface area contributed by atoms with Crippen molar-refractivity contribution >= 4 is 22.4 Å². The maximum absolute atomic E-state index is 12.4. The second-order valence-corrected chi connectivity index (χ2v) is 6.53. The maximum atomic E-state index is 12.4. The van der Waals surface area contributed by atoms with Gasteiger partial charge in [-0.2, -0.15) is 0 Å². The molecule has 2 aromatic rings. The summed E-state index contributed by atoms with van der Waals surface area (Å²) in [6.07, 6.45) is 0. The van der Waals surface area contributed by atoms with Gasteiger partial charge in [0.15, 0.2) is 5.13 Å². The summed E-state index contributed by atoms with van der Waals surface area (Å²) in [6.45, 7) is 6.10. The van der Waals surface area contributed by atoms with Gasteiger partial charge in [0.2, 0.25) is 0 Å². The minimum absolute atomic E-state index is 0.180. The van der Waals surface area contributed by atoms with Gasteiger partial charge in [0, 0.05) is 30.6 Å². The number of rotatable bonds is 5. The minimum atomic E-state index is -0.180. The standard InChI is InChI=1S/C17H21N3O3S/c1-12-3-4-13(9-15(12)22-2)16(21)19-17-18-14(11-24-17)10-20-5-7-23-8-6-20/h3-4,9,11H,5-8,10H2,1-2H3,(H,18,19,21). The Balaban J connectivity index is 1.62. The van der Waals surface area contributed by atoms with Gasteiger partial charge < -0.3 is 9.47 Å². The van der Waals surface area contributed by atoms with E-state index in [0.29, 0.717) is 16.4 Å². The zero-order valence-electron chi connectivity index (χ0n) is 13.9. The van der Waals surface area contributed by atoms with Crippen molar-refractivity contribution in [3.63, 3.8) is 0 Å². The molecule has 3 rings (SSSR count). The molecule has 1 aliphatic rings. The van der Waals surface area contributed by atoms with Crippen molar-refractivity contribution in [1.82, 2.24) is 9.88 Å². The molecule has 0 unspecified atom stereocenters. The van der Waals surface area contributed by atoms with Crippen molar-refractivity contribution in [3.8, 4) is 5.75 Å². The first-order valence-electron chi connectivity index (χ1n) is 7.86. The van der Waals surface area contributed by atoms with Crippen LogP contribution in [0.4, 0.5) is 5.13 Å². The first kappa shape index (κ1) is 16.9. The summed E-state index contributed by atoms with van der Waals surface area (Å²) in [6, 6.07) is 5.40. The molecule has 0 saturated carbocycles. The molecule has 1 aromatic heterocycles. The van der Waals surface area contributed by atoms with E-state index < -0.39 is 0 Å². The normalized spacial score (nSPS) is 15.2. The lowest BCUT2D eigenvalue weighted by molar-refractivity contribution is 0.0337. The number of hydrogen-bond acceptors (Lipinski definition) is 6. The molecular weight excluding hydrogens is 326 g/mol. The van der Waals surface area contributed by atoms with Crippen LogP contribution in [0.1, 0.15) is 21.6 Å². The molecule has 128 valence electrons. The lowest BCUT2D eigenvalue weighted by Crippen LogP contribution is -2.35. The van der Waals surface area contributed by atoms with Gasteiger partial charge in [-0.25, -0.2) is 4.98 Å². The van der Waals surface area contributed by atoms with Crippen LogP contribution in [0.3, 0.4) is 0 Å². The van der Waals surface area contributed by atoms with Crippen LogP contribution in [0, 0.1) is 6.92 Å². The highest BCUT2D eigenvalue weighted by molar-refractivity contribution is 7.13. The molecule has 6 nitrogen and oxygen atoms in total. The number of thiazole rings is 1. The Morgan fingerprint density at radius 1 is 1.42 bits per heavy atom. The summed E-state index contributed by atoms with van der Waals surface area (Å²) in [7, 11) is 1.60. The third-order valence-electron chi connectivity index (χ3n) is 3.93. The van der Waals surface area contributed by atoms with E-state index in [4.69, 9.17) is 9.47 Å². The molecule has 1 aliphatic heterocycles. The number of ether oxygens (including phenoxy) is 2. The summed E-state index contributed by atoms with van der Waals surface area (Å²) in [4.78, 5) is 19.2. The number of hydrogen-bond donors (Lipinski definition) is 1. The lowest BCUT2D eigenvalue weighted by atomic mass is 10.1. The number of carbonyl (C=O) groups is 1. The molecule has 0 radical (unpaired) electrons. The molecule has 0 bridgehead atoms.